The monoisotopic (exact) mass is 265 g/mol. The van der Waals surface area contributed by atoms with Crippen molar-refractivity contribution in [3.8, 4) is 5.75 Å². The van der Waals surface area contributed by atoms with Crippen LogP contribution in [0.25, 0.3) is 0 Å². The first kappa shape index (κ1) is 13.7. The lowest BCUT2D eigenvalue weighted by Gasteiger charge is -2.25. The molecule has 0 amide bonds. The molecular formula is C14H19NO4. The van der Waals surface area contributed by atoms with Crippen LogP contribution in [-0.2, 0) is 9.47 Å². The van der Waals surface area contributed by atoms with Gasteiger partial charge in [0.2, 0.25) is 0 Å². The Morgan fingerprint density at radius 1 is 1.42 bits per heavy atom. The number of para-hydroxylation sites is 1. The molecule has 0 bridgehead atoms. The Kier molecular flexibility index (Phi) is 4.63. The van der Waals surface area contributed by atoms with Crippen molar-refractivity contribution in [3.05, 3.63) is 23.8 Å². The molecule has 0 spiro atoms. The molecule has 1 aliphatic heterocycles. The van der Waals surface area contributed by atoms with E-state index in [-0.39, 0.29) is 6.10 Å². The summed E-state index contributed by atoms with van der Waals surface area (Å²) in [5.41, 5.74) is 6.75. The number of nitrogens with two attached hydrogens (primary N) is 1. The van der Waals surface area contributed by atoms with Crippen LogP contribution >= 0.6 is 0 Å². The zero-order valence-corrected chi connectivity index (χ0v) is 11.1. The summed E-state index contributed by atoms with van der Waals surface area (Å²) in [6.07, 6.45) is 1.64. The van der Waals surface area contributed by atoms with Crippen LogP contribution in [0.4, 0.5) is 5.69 Å². The Morgan fingerprint density at radius 3 is 2.84 bits per heavy atom. The Hall–Kier alpha value is -1.75. The second kappa shape index (κ2) is 6.43. The SMILES string of the molecule is CCOC(=O)c1cccc(N)c1OC1CCOCC1. The number of hydrogen-bond acceptors (Lipinski definition) is 5. The molecule has 1 heterocycles. The van der Waals surface area contributed by atoms with Gasteiger partial charge >= 0.3 is 5.97 Å². The summed E-state index contributed by atoms with van der Waals surface area (Å²) < 4.78 is 16.2. The number of carbonyl (C=O) groups excluding carboxylic acids is 1. The average Bonchev–Trinajstić information content (AvgIpc) is 2.42. The quantitative estimate of drug-likeness (QED) is 0.666. The molecule has 1 fully saturated rings. The van der Waals surface area contributed by atoms with Crippen molar-refractivity contribution in [2.24, 2.45) is 0 Å². The van der Waals surface area contributed by atoms with E-state index in [0.29, 0.717) is 36.8 Å². The highest BCUT2D eigenvalue weighted by Crippen LogP contribution is 2.29. The second-order valence-electron chi connectivity index (χ2n) is 4.37. The van der Waals surface area contributed by atoms with Crippen LogP contribution in [0.2, 0.25) is 0 Å². The van der Waals surface area contributed by atoms with Crippen molar-refractivity contribution >= 4 is 11.7 Å². The summed E-state index contributed by atoms with van der Waals surface area (Å²) in [6, 6.07) is 5.11. The zero-order valence-electron chi connectivity index (χ0n) is 11.1. The van der Waals surface area contributed by atoms with Crippen LogP contribution in [0.3, 0.4) is 0 Å². The standard InChI is InChI=1S/C14H19NO4/c1-2-18-14(16)11-4-3-5-12(15)13(11)19-10-6-8-17-9-7-10/h3-5,10H,2,6-9,15H2,1H3. The number of anilines is 1. The average molecular weight is 265 g/mol. The van der Waals surface area contributed by atoms with Crippen LogP contribution in [-0.4, -0.2) is 31.9 Å². The lowest BCUT2D eigenvalue weighted by molar-refractivity contribution is 0.0246. The summed E-state index contributed by atoms with van der Waals surface area (Å²) in [5, 5.41) is 0. The van der Waals surface area contributed by atoms with Gasteiger partial charge in [-0.15, -0.1) is 0 Å². The number of carbonyl (C=O) groups is 1. The molecule has 1 aliphatic rings. The maximum Gasteiger partial charge on any atom is 0.341 e. The van der Waals surface area contributed by atoms with E-state index >= 15 is 0 Å². The fraction of sp³-hybridized carbons (Fsp3) is 0.500. The topological polar surface area (TPSA) is 70.8 Å². The van der Waals surface area contributed by atoms with E-state index in [4.69, 9.17) is 19.9 Å². The predicted octanol–water partition coefficient (Wildman–Crippen LogP) is 2.00. The van der Waals surface area contributed by atoms with Gasteiger partial charge in [0.25, 0.3) is 0 Å². The molecule has 0 saturated carbocycles. The van der Waals surface area contributed by atoms with Crippen LogP contribution in [0, 0.1) is 0 Å². The van der Waals surface area contributed by atoms with Gasteiger partial charge in [0.05, 0.1) is 25.5 Å². The summed E-state index contributed by atoms with van der Waals surface area (Å²) in [7, 11) is 0. The highest BCUT2D eigenvalue weighted by atomic mass is 16.5. The number of hydrogen-bond donors (Lipinski definition) is 1. The number of nitrogen functional groups attached to an aromatic ring is 1. The molecule has 0 unspecified atom stereocenters. The van der Waals surface area contributed by atoms with Gasteiger partial charge < -0.3 is 19.9 Å². The molecule has 104 valence electrons. The van der Waals surface area contributed by atoms with E-state index in [9.17, 15) is 4.79 Å². The van der Waals surface area contributed by atoms with Gasteiger partial charge in [0.1, 0.15) is 11.7 Å². The highest BCUT2D eigenvalue weighted by Gasteiger charge is 2.21. The molecule has 2 rings (SSSR count). The first-order valence-corrected chi connectivity index (χ1v) is 6.52. The van der Waals surface area contributed by atoms with Crippen LogP contribution in [0.15, 0.2) is 18.2 Å². The third-order valence-corrected chi connectivity index (χ3v) is 2.99. The smallest absolute Gasteiger partial charge is 0.341 e. The maximum atomic E-state index is 11.9. The van der Waals surface area contributed by atoms with Gasteiger partial charge in [0, 0.05) is 12.8 Å². The van der Waals surface area contributed by atoms with Crippen molar-refractivity contribution in [1.29, 1.82) is 0 Å². The predicted molar refractivity (Wildman–Crippen MR) is 71.3 cm³/mol. The largest absolute Gasteiger partial charge is 0.487 e. The molecule has 19 heavy (non-hydrogen) atoms. The Morgan fingerprint density at radius 2 is 2.16 bits per heavy atom. The highest BCUT2D eigenvalue weighted by molar-refractivity contribution is 5.94. The third kappa shape index (κ3) is 3.38. The lowest BCUT2D eigenvalue weighted by Crippen LogP contribution is -2.27. The molecule has 5 heteroatoms. The van der Waals surface area contributed by atoms with Gasteiger partial charge in [-0.25, -0.2) is 4.79 Å². The molecule has 1 aromatic rings. The van der Waals surface area contributed by atoms with Crippen molar-refractivity contribution < 1.29 is 19.0 Å². The molecule has 0 aromatic heterocycles. The molecule has 0 radical (unpaired) electrons. The van der Waals surface area contributed by atoms with Gasteiger partial charge in [-0.2, -0.15) is 0 Å². The van der Waals surface area contributed by atoms with Gasteiger partial charge in [-0.05, 0) is 19.1 Å². The minimum absolute atomic E-state index is 0.0339. The van der Waals surface area contributed by atoms with E-state index in [1.54, 1.807) is 25.1 Å². The van der Waals surface area contributed by atoms with Gasteiger partial charge in [0.15, 0.2) is 5.75 Å². The van der Waals surface area contributed by atoms with Crippen molar-refractivity contribution in [2.45, 2.75) is 25.9 Å². The molecular weight excluding hydrogens is 246 g/mol. The normalized spacial score (nSPS) is 16.1. The summed E-state index contributed by atoms with van der Waals surface area (Å²) in [5.74, 6) is 0.0182. The Labute approximate surface area is 112 Å². The summed E-state index contributed by atoms with van der Waals surface area (Å²) in [6.45, 7) is 3.44. The van der Waals surface area contributed by atoms with Gasteiger partial charge in [-0.3, -0.25) is 0 Å². The van der Waals surface area contributed by atoms with E-state index in [1.807, 2.05) is 0 Å². The number of ether oxygens (including phenoxy) is 3. The van der Waals surface area contributed by atoms with Crippen LogP contribution in [0.1, 0.15) is 30.1 Å². The minimum atomic E-state index is -0.406. The van der Waals surface area contributed by atoms with E-state index in [0.717, 1.165) is 12.8 Å². The number of rotatable bonds is 4. The first-order chi connectivity index (χ1) is 9.22. The van der Waals surface area contributed by atoms with Crippen molar-refractivity contribution in [1.82, 2.24) is 0 Å². The molecule has 0 aliphatic carbocycles. The molecule has 1 aromatic carbocycles. The van der Waals surface area contributed by atoms with E-state index in [2.05, 4.69) is 0 Å². The first-order valence-electron chi connectivity index (χ1n) is 6.52. The van der Waals surface area contributed by atoms with E-state index in [1.165, 1.54) is 0 Å². The Balaban J connectivity index is 2.19. The van der Waals surface area contributed by atoms with Crippen LogP contribution < -0.4 is 10.5 Å². The third-order valence-electron chi connectivity index (χ3n) is 2.99. The second-order valence-corrected chi connectivity index (χ2v) is 4.37. The summed E-state index contributed by atoms with van der Waals surface area (Å²) in [4.78, 5) is 11.9. The minimum Gasteiger partial charge on any atom is -0.487 e. The molecule has 5 nitrogen and oxygen atoms in total. The Bertz CT molecular complexity index is 441. The van der Waals surface area contributed by atoms with Crippen molar-refractivity contribution in [2.75, 3.05) is 25.6 Å². The number of benzene rings is 1. The molecule has 1 saturated heterocycles. The zero-order chi connectivity index (χ0) is 13.7. The number of esters is 1. The molecule has 2 N–H and O–H groups in total. The van der Waals surface area contributed by atoms with Crippen LogP contribution in [0.5, 0.6) is 5.75 Å². The van der Waals surface area contributed by atoms with Crippen molar-refractivity contribution in [3.63, 3.8) is 0 Å². The fourth-order valence-electron chi connectivity index (χ4n) is 2.02. The van der Waals surface area contributed by atoms with E-state index < -0.39 is 5.97 Å². The van der Waals surface area contributed by atoms with Gasteiger partial charge in [-0.1, -0.05) is 6.07 Å². The lowest BCUT2D eigenvalue weighted by atomic mass is 10.1. The maximum absolute atomic E-state index is 11.9. The fourth-order valence-corrected chi connectivity index (χ4v) is 2.02. The molecule has 0 atom stereocenters. The summed E-state index contributed by atoms with van der Waals surface area (Å²) >= 11 is 0.